The molecule has 1 aliphatic rings. The first-order valence-corrected chi connectivity index (χ1v) is 6.49. The predicted octanol–water partition coefficient (Wildman–Crippen LogP) is 2.73. The lowest BCUT2D eigenvalue weighted by atomic mass is 9.96. The van der Waals surface area contributed by atoms with Gasteiger partial charge in [0.25, 0.3) is 0 Å². The topological polar surface area (TPSA) is 55.8 Å². The quantitative estimate of drug-likeness (QED) is 0.606. The van der Waals surface area contributed by atoms with E-state index in [4.69, 9.17) is 14.6 Å². The molecular weight excluding hydrogens is 244 g/mol. The maximum absolute atomic E-state index is 10.4. The highest BCUT2D eigenvalue weighted by Gasteiger charge is 2.17. The second-order valence-corrected chi connectivity index (χ2v) is 4.52. The molecule has 19 heavy (non-hydrogen) atoms. The van der Waals surface area contributed by atoms with Gasteiger partial charge in [0, 0.05) is 6.08 Å². The zero-order chi connectivity index (χ0) is 13.5. The maximum Gasteiger partial charge on any atom is 0.328 e. The molecule has 0 aliphatic heterocycles. The molecule has 2 rings (SSSR count). The van der Waals surface area contributed by atoms with Gasteiger partial charge in [-0.15, -0.1) is 0 Å². The summed E-state index contributed by atoms with van der Waals surface area (Å²) in [7, 11) is 0. The van der Waals surface area contributed by atoms with E-state index in [1.165, 1.54) is 6.42 Å². The summed E-state index contributed by atoms with van der Waals surface area (Å²) in [6.07, 6.45) is 6.67. The third kappa shape index (κ3) is 4.75. The van der Waals surface area contributed by atoms with E-state index < -0.39 is 5.97 Å². The van der Waals surface area contributed by atoms with Crippen molar-refractivity contribution >= 4 is 12.0 Å². The molecule has 0 saturated heterocycles. The van der Waals surface area contributed by atoms with E-state index in [9.17, 15) is 4.79 Å². The molecule has 0 bridgehead atoms. The molecule has 0 atom stereocenters. The van der Waals surface area contributed by atoms with E-state index in [0.29, 0.717) is 19.3 Å². The molecule has 1 N–H and O–H groups in total. The Morgan fingerprint density at radius 2 is 2.21 bits per heavy atom. The van der Waals surface area contributed by atoms with Crippen LogP contribution in [0.15, 0.2) is 30.3 Å². The van der Waals surface area contributed by atoms with Crippen LogP contribution in [0, 0.1) is 0 Å². The first kappa shape index (κ1) is 13.6. The summed E-state index contributed by atoms with van der Waals surface area (Å²) in [5.74, 6) is -0.232. The fourth-order valence-corrected chi connectivity index (χ4v) is 1.79. The lowest BCUT2D eigenvalue weighted by Gasteiger charge is -2.25. The Kier molecular flexibility index (Phi) is 4.98. The summed E-state index contributed by atoms with van der Waals surface area (Å²) in [6.45, 7) is 1.11. The highest BCUT2D eigenvalue weighted by atomic mass is 16.5. The predicted molar refractivity (Wildman–Crippen MR) is 72.2 cm³/mol. The summed E-state index contributed by atoms with van der Waals surface area (Å²) in [4.78, 5) is 10.4. The molecular formula is C15H18O4. The smallest absolute Gasteiger partial charge is 0.328 e. The second kappa shape index (κ2) is 6.95. The Hall–Kier alpha value is -1.81. The Morgan fingerprint density at radius 1 is 1.37 bits per heavy atom. The average Bonchev–Trinajstić information content (AvgIpc) is 2.34. The standard InChI is InChI=1S/C15H18O4/c16-15(17)8-7-12-3-1-6-14(11-12)19-10-9-18-13-4-2-5-13/h1,3,6-8,11,13H,2,4-5,9-10H2,(H,16,17)/b8-7+. The number of carboxylic acid groups (broad SMARTS) is 1. The summed E-state index contributed by atoms with van der Waals surface area (Å²) in [5, 5.41) is 8.56. The van der Waals surface area contributed by atoms with Crippen LogP contribution in [0.3, 0.4) is 0 Å². The fraction of sp³-hybridized carbons (Fsp3) is 0.400. The summed E-state index contributed by atoms with van der Waals surface area (Å²) in [5.41, 5.74) is 0.805. The van der Waals surface area contributed by atoms with Crippen LogP contribution in [-0.2, 0) is 9.53 Å². The van der Waals surface area contributed by atoms with E-state index >= 15 is 0 Å². The largest absolute Gasteiger partial charge is 0.491 e. The second-order valence-electron chi connectivity index (χ2n) is 4.52. The van der Waals surface area contributed by atoms with Gasteiger partial charge in [0.1, 0.15) is 12.4 Å². The van der Waals surface area contributed by atoms with Crippen LogP contribution in [-0.4, -0.2) is 30.4 Å². The van der Waals surface area contributed by atoms with Crippen LogP contribution in [0.25, 0.3) is 6.08 Å². The van der Waals surface area contributed by atoms with Crippen molar-refractivity contribution in [3.63, 3.8) is 0 Å². The molecule has 1 aromatic carbocycles. The molecule has 102 valence electrons. The number of carbonyl (C=O) groups is 1. The van der Waals surface area contributed by atoms with Gasteiger partial charge in [-0.25, -0.2) is 4.79 Å². The lowest BCUT2D eigenvalue weighted by Crippen LogP contribution is -2.23. The fourth-order valence-electron chi connectivity index (χ4n) is 1.79. The van der Waals surface area contributed by atoms with Gasteiger partial charge in [-0.05, 0) is 43.0 Å². The molecule has 4 heteroatoms. The summed E-state index contributed by atoms with van der Waals surface area (Å²) >= 11 is 0. The van der Waals surface area contributed by atoms with Crippen LogP contribution in [0.5, 0.6) is 5.75 Å². The minimum absolute atomic E-state index is 0.424. The minimum atomic E-state index is -0.958. The van der Waals surface area contributed by atoms with Gasteiger partial charge in [0.05, 0.1) is 12.7 Å². The molecule has 0 spiro atoms. The SMILES string of the molecule is O=C(O)/C=C/c1cccc(OCCOC2CCC2)c1. The maximum atomic E-state index is 10.4. The van der Waals surface area contributed by atoms with Gasteiger partial charge in [-0.2, -0.15) is 0 Å². The Morgan fingerprint density at radius 3 is 2.89 bits per heavy atom. The summed E-state index contributed by atoms with van der Waals surface area (Å²) < 4.78 is 11.2. The molecule has 0 unspecified atom stereocenters. The Bertz CT molecular complexity index is 449. The molecule has 1 aliphatic carbocycles. The van der Waals surface area contributed by atoms with Gasteiger partial charge in [0.15, 0.2) is 0 Å². The minimum Gasteiger partial charge on any atom is -0.491 e. The van der Waals surface area contributed by atoms with Crippen molar-refractivity contribution in [2.45, 2.75) is 25.4 Å². The van der Waals surface area contributed by atoms with Crippen molar-refractivity contribution in [1.29, 1.82) is 0 Å². The van der Waals surface area contributed by atoms with Crippen molar-refractivity contribution in [2.24, 2.45) is 0 Å². The van der Waals surface area contributed by atoms with Gasteiger partial charge < -0.3 is 14.6 Å². The van der Waals surface area contributed by atoms with E-state index in [1.807, 2.05) is 24.3 Å². The number of hydrogen-bond donors (Lipinski definition) is 1. The average molecular weight is 262 g/mol. The van der Waals surface area contributed by atoms with Crippen molar-refractivity contribution < 1.29 is 19.4 Å². The van der Waals surface area contributed by atoms with Gasteiger partial charge >= 0.3 is 5.97 Å². The number of aliphatic carboxylic acids is 1. The molecule has 0 heterocycles. The van der Waals surface area contributed by atoms with Crippen LogP contribution in [0.4, 0.5) is 0 Å². The normalized spacial score (nSPS) is 15.4. The number of benzene rings is 1. The molecule has 1 aromatic rings. The third-order valence-corrected chi connectivity index (χ3v) is 3.03. The summed E-state index contributed by atoms with van der Waals surface area (Å²) in [6, 6.07) is 7.32. The first-order chi connectivity index (χ1) is 9.24. The third-order valence-electron chi connectivity index (χ3n) is 3.03. The number of carboxylic acids is 1. The number of ether oxygens (including phenoxy) is 2. The molecule has 1 saturated carbocycles. The van der Waals surface area contributed by atoms with Crippen molar-refractivity contribution in [1.82, 2.24) is 0 Å². The van der Waals surface area contributed by atoms with Gasteiger partial charge in [-0.1, -0.05) is 12.1 Å². The van der Waals surface area contributed by atoms with Crippen LogP contribution >= 0.6 is 0 Å². The Balaban J connectivity index is 1.76. The Labute approximate surface area is 112 Å². The molecule has 1 fully saturated rings. The van der Waals surface area contributed by atoms with Crippen LogP contribution in [0.1, 0.15) is 24.8 Å². The monoisotopic (exact) mass is 262 g/mol. The number of hydrogen-bond acceptors (Lipinski definition) is 3. The zero-order valence-corrected chi connectivity index (χ0v) is 10.7. The molecule has 0 radical (unpaired) electrons. The van der Waals surface area contributed by atoms with Crippen molar-refractivity contribution in [3.8, 4) is 5.75 Å². The van der Waals surface area contributed by atoms with Crippen LogP contribution < -0.4 is 4.74 Å². The van der Waals surface area contributed by atoms with E-state index in [1.54, 1.807) is 6.08 Å². The van der Waals surface area contributed by atoms with E-state index in [-0.39, 0.29) is 0 Å². The molecule has 4 nitrogen and oxygen atoms in total. The first-order valence-electron chi connectivity index (χ1n) is 6.49. The van der Waals surface area contributed by atoms with E-state index in [0.717, 1.165) is 30.2 Å². The molecule has 0 amide bonds. The zero-order valence-electron chi connectivity index (χ0n) is 10.7. The van der Waals surface area contributed by atoms with Crippen molar-refractivity contribution in [3.05, 3.63) is 35.9 Å². The molecule has 0 aromatic heterocycles. The highest BCUT2D eigenvalue weighted by molar-refractivity contribution is 5.85. The van der Waals surface area contributed by atoms with E-state index in [2.05, 4.69) is 0 Å². The lowest BCUT2D eigenvalue weighted by molar-refractivity contribution is -0.131. The van der Waals surface area contributed by atoms with Gasteiger partial charge in [0.2, 0.25) is 0 Å². The van der Waals surface area contributed by atoms with Crippen molar-refractivity contribution in [2.75, 3.05) is 13.2 Å². The van der Waals surface area contributed by atoms with Gasteiger partial charge in [-0.3, -0.25) is 0 Å². The highest BCUT2D eigenvalue weighted by Crippen LogP contribution is 2.21. The number of rotatable bonds is 7. The van der Waals surface area contributed by atoms with Crippen LogP contribution in [0.2, 0.25) is 0 Å².